The summed E-state index contributed by atoms with van der Waals surface area (Å²) in [5, 5.41) is 3.63. The topological polar surface area (TPSA) is 29.3 Å². The monoisotopic (exact) mass is 273 g/mol. The van der Waals surface area contributed by atoms with Gasteiger partial charge in [0.2, 0.25) is 0 Å². The summed E-state index contributed by atoms with van der Waals surface area (Å²) >= 11 is 0. The standard InChI is InChI=1S/C17H27N3/c1-6-7-8-11-14-16(19-17(3,4)5)20-12-9-10-13(2)15(20)18-14/h9-10,12,19H,6-8,11H2,1-5H3. The molecule has 0 saturated carbocycles. The molecule has 0 amide bonds. The van der Waals surface area contributed by atoms with Crippen molar-refractivity contribution in [3.8, 4) is 0 Å². The lowest BCUT2D eigenvalue weighted by molar-refractivity contribution is 0.625. The summed E-state index contributed by atoms with van der Waals surface area (Å²) in [6, 6.07) is 4.21. The van der Waals surface area contributed by atoms with Gasteiger partial charge in [-0.25, -0.2) is 4.98 Å². The third kappa shape index (κ3) is 3.33. The molecule has 20 heavy (non-hydrogen) atoms. The number of hydrogen-bond acceptors (Lipinski definition) is 2. The number of anilines is 1. The molecule has 3 nitrogen and oxygen atoms in total. The van der Waals surface area contributed by atoms with Crippen LogP contribution in [-0.2, 0) is 6.42 Å². The van der Waals surface area contributed by atoms with Crippen molar-refractivity contribution in [1.29, 1.82) is 0 Å². The second kappa shape index (κ2) is 5.86. The van der Waals surface area contributed by atoms with Gasteiger partial charge in [-0.15, -0.1) is 0 Å². The summed E-state index contributed by atoms with van der Waals surface area (Å²) in [5.41, 5.74) is 3.54. The first-order valence-electron chi connectivity index (χ1n) is 7.67. The van der Waals surface area contributed by atoms with Crippen molar-refractivity contribution in [3.63, 3.8) is 0 Å². The van der Waals surface area contributed by atoms with E-state index in [0.717, 1.165) is 17.9 Å². The molecule has 0 saturated heterocycles. The van der Waals surface area contributed by atoms with Crippen LogP contribution in [0.3, 0.4) is 0 Å². The van der Waals surface area contributed by atoms with Gasteiger partial charge in [-0.2, -0.15) is 0 Å². The van der Waals surface area contributed by atoms with E-state index in [1.54, 1.807) is 0 Å². The van der Waals surface area contributed by atoms with E-state index in [1.165, 1.54) is 30.5 Å². The van der Waals surface area contributed by atoms with Crippen LogP contribution in [0.15, 0.2) is 18.3 Å². The lowest BCUT2D eigenvalue weighted by Crippen LogP contribution is -2.27. The number of nitrogens with one attached hydrogen (secondary N) is 1. The molecule has 0 fully saturated rings. The average molecular weight is 273 g/mol. The number of fused-ring (bicyclic) bond motifs is 1. The third-order valence-electron chi connectivity index (χ3n) is 3.43. The van der Waals surface area contributed by atoms with Crippen molar-refractivity contribution in [2.45, 2.75) is 65.8 Å². The van der Waals surface area contributed by atoms with Crippen molar-refractivity contribution in [3.05, 3.63) is 29.6 Å². The van der Waals surface area contributed by atoms with E-state index in [0.29, 0.717) is 0 Å². The Labute approximate surface area is 122 Å². The summed E-state index contributed by atoms with van der Waals surface area (Å²) in [6.07, 6.45) is 6.87. The smallest absolute Gasteiger partial charge is 0.141 e. The van der Waals surface area contributed by atoms with Gasteiger partial charge in [0.15, 0.2) is 0 Å². The predicted octanol–water partition coefficient (Wildman–Crippen LogP) is 4.59. The molecular weight excluding hydrogens is 246 g/mol. The summed E-state index contributed by atoms with van der Waals surface area (Å²) in [7, 11) is 0. The first kappa shape index (κ1) is 14.9. The highest BCUT2D eigenvalue weighted by molar-refractivity contribution is 5.59. The van der Waals surface area contributed by atoms with Crippen molar-refractivity contribution >= 4 is 11.5 Å². The zero-order chi connectivity index (χ0) is 14.8. The number of aryl methyl sites for hydroxylation is 2. The average Bonchev–Trinajstić information content (AvgIpc) is 2.68. The van der Waals surface area contributed by atoms with Gasteiger partial charge in [0.05, 0.1) is 5.69 Å². The second-order valence-electron chi connectivity index (χ2n) is 6.62. The minimum absolute atomic E-state index is 0.0409. The summed E-state index contributed by atoms with van der Waals surface area (Å²) in [6.45, 7) is 10.9. The van der Waals surface area contributed by atoms with Crippen molar-refractivity contribution in [2.24, 2.45) is 0 Å². The van der Waals surface area contributed by atoms with Gasteiger partial charge in [0.25, 0.3) is 0 Å². The highest BCUT2D eigenvalue weighted by Crippen LogP contribution is 2.25. The van der Waals surface area contributed by atoms with Crippen LogP contribution < -0.4 is 5.32 Å². The highest BCUT2D eigenvalue weighted by Gasteiger charge is 2.18. The first-order valence-corrected chi connectivity index (χ1v) is 7.67. The Balaban J connectivity index is 2.42. The molecule has 0 aliphatic carbocycles. The number of aromatic nitrogens is 2. The SMILES string of the molecule is CCCCCc1nc2c(C)cccn2c1NC(C)(C)C. The number of pyridine rings is 1. The molecule has 1 N–H and O–H groups in total. The van der Waals surface area contributed by atoms with Crippen LogP contribution in [0.5, 0.6) is 0 Å². The molecule has 0 aliphatic rings. The number of imidazole rings is 1. The van der Waals surface area contributed by atoms with Crippen molar-refractivity contribution in [1.82, 2.24) is 9.38 Å². The molecule has 2 aromatic rings. The van der Waals surface area contributed by atoms with Crippen LogP contribution in [0.25, 0.3) is 5.65 Å². The zero-order valence-corrected chi connectivity index (χ0v) is 13.5. The van der Waals surface area contributed by atoms with Gasteiger partial charge in [-0.05, 0) is 52.2 Å². The summed E-state index contributed by atoms with van der Waals surface area (Å²) in [5.74, 6) is 1.16. The molecular formula is C17H27N3. The van der Waals surface area contributed by atoms with Crippen LogP contribution in [0.2, 0.25) is 0 Å². The Morgan fingerprint density at radius 1 is 1.25 bits per heavy atom. The molecule has 2 aromatic heterocycles. The molecule has 110 valence electrons. The molecule has 3 heteroatoms. The Hall–Kier alpha value is -1.51. The quantitative estimate of drug-likeness (QED) is 0.808. The van der Waals surface area contributed by atoms with E-state index in [-0.39, 0.29) is 5.54 Å². The lowest BCUT2D eigenvalue weighted by Gasteiger charge is -2.22. The highest BCUT2D eigenvalue weighted by atomic mass is 15.2. The lowest BCUT2D eigenvalue weighted by atomic mass is 10.1. The minimum Gasteiger partial charge on any atom is -0.365 e. The van der Waals surface area contributed by atoms with Crippen molar-refractivity contribution < 1.29 is 0 Å². The number of hydrogen-bond donors (Lipinski definition) is 1. The van der Waals surface area contributed by atoms with E-state index >= 15 is 0 Å². The second-order valence-corrected chi connectivity index (χ2v) is 6.62. The molecule has 2 heterocycles. The molecule has 2 rings (SSSR count). The molecule has 0 bridgehead atoms. The molecule has 0 unspecified atom stereocenters. The Morgan fingerprint density at radius 3 is 2.65 bits per heavy atom. The van der Waals surface area contributed by atoms with Gasteiger partial charge in [0, 0.05) is 11.7 Å². The third-order valence-corrected chi connectivity index (χ3v) is 3.43. The van der Waals surface area contributed by atoms with Gasteiger partial charge >= 0.3 is 0 Å². The Bertz CT molecular complexity index is 576. The van der Waals surface area contributed by atoms with E-state index in [4.69, 9.17) is 4.98 Å². The van der Waals surface area contributed by atoms with E-state index in [1.807, 2.05) is 0 Å². The maximum absolute atomic E-state index is 4.87. The van der Waals surface area contributed by atoms with Crippen LogP contribution in [0.1, 0.15) is 58.2 Å². The molecule has 0 atom stereocenters. The normalized spacial score (nSPS) is 12.1. The molecule has 0 aliphatic heterocycles. The Morgan fingerprint density at radius 2 is 2.00 bits per heavy atom. The van der Waals surface area contributed by atoms with Crippen LogP contribution in [-0.4, -0.2) is 14.9 Å². The van der Waals surface area contributed by atoms with E-state index in [2.05, 4.69) is 62.7 Å². The Kier molecular flexibility index (Phi) is 4.36. The van der Waals surface area contributed by atoms with Gasteiger partial charge in [0.1, 0.15) is 11.5 Å². The van der Waals surface area contributed by atoms with Crippen LogP contribution in [0.4, 0.5) is 5.82 Å². The number of nitrogens with zero attached hydrogens (tertiary/aromatic N) is 2. The number of rotatable bonds is 5. The van der Waals surface area contributed by atoms with E-state index in [9.17, 15) is 0 Å². The van der Waals surface area contributed by atoms with Gasteiger partial charge in [-0.1, -0.05) is 25.8 Å². The fourth-order valence-electron chi connectivity index (χ4n) is 2.46. The fourth-order valence-corrected chi connectivity index (χ4v) is 2.46. The summed E-state index contributed by atoms with van der Waals surface area (Å²) in [4.78, 5) is 4.87. The fraction of sp³-hybridized carbons (Fsp3) is 0.588. The molecule has 0 aromatic carbocycles. The van der Waals surface area contributed by atoms with Crippen LogP contribution >= 0.6 is 0 Å². The van der Waals surface area contributed by atoms with Gasteiger partial charge in [-0.3, -0.25) is 4.40 Å². The predicted molar refractivity (Wildman–Crippen MR) is 86.5 cm³/mol. The maximum atomic E-state index is 4.87. The van der Waals surface area contributed by atoms with Crippen LogP contribution in [0, 0.1) is 6.92 Å². The zero-order valence-electron chi connectivity index (χ0n) is 13.5. The maximum Gasteiger partial charge on any atom is 0.141 e. The summed E-state index contributed by atoms with van der Waals surface area (Å²) < 4.78 is 2.20. The first-order chi connectivity index (χ1) is 9.42. The molecule has 0 spiro atoms. The van der Waals surface area contributed by atoms with Crippen molar-refractivity contribution in [2.75, 3.05) is 5.32 Å². The van der Waals surface area contributed by atoms with E-state index < -0.39 is 0 Å². The minimum atomic E-state index is 0.0409. The number of unbranched alkanes of at least 4 members (excludes halogenated alkanes) is 2. The van der Waals surface area contributed by atoms with Gasteiger partial charge < -0.3 is 5.32 Å². The molecule has 0 radical (unpaired) electrons. The largest absolute Gasteiger partial charge is 0.365 e.